The molecular weight excluding hydrogens is 322 g/mol. The van der Waals surface area contributed by atoms with E-state index in [1.54, 1.807) is 25.1 Å². The molecule has 2 N–H and O–H groups in total. The summed E-state index contributed by atoms with van der Waals surface area (Å²) >= 11 is 0. The predicted molar refractivity (Wildman–Crippen MR) is 92.6 cm³/mol. The van der Waals surface area contributed by atoms with Crippen LogP contribution in [0.5, 0.6) is 11.5 Å². The Morgan fingerprint density at radius 1 is 1.32 bits per heavy atom. The van der Waals surface area contributed by atoms with Crippen molar-refractivity contribution < 1.29 is 14.6 Å². The highest BCUT2D eigenvalue weighted by molar-refractivity contribution is 5.87. The molecule has 1 amide bonds. The van der Waals surface area contributed by atoms with Gasteiger partial charge in [-0.15, -0.1) is 5.10 Å². The van der Waals surface area contributed by atoms with E-state index >= 15 is 0 Å². The first-order valence-electron chi connectivity index (χ1n) is 7.60. The fourth-order valence-electron chi connectivity index (χ4n) is 2.35. The SMILES string of the molecule is COc1cccc(C=NNC(=O)C(C)n2nnc3ccccc32)c1O. The number of carbonyl (C=O) groups excluding carboxylic acids is 1. The monoisotopic (exact) mass is 339 g/mol. The van der Waals surface area contributed by atoms with Crippen LogP contribution < -0.4 is 10.2 Å². The minimum atomic E-state index is -0.594. The molecule has 1 aromatic heterocycles. The number of fused-ring (bicyclic) bond motifs is 1. The quantitative estimate of drug-likeness (QED) is 0.546. The van der Waals surface area contributed by atoms with Gasteiger partial charge in [-0.2, -0.15) is 5.10 Å². The van der Waals surface area contributed by atoms with Gasteiger partial charge in [0.15, 0.2) is 11.5 Å². The van der Waals surface area contributed by atoms with E-state index in [1.807, 2.05) is 24.3 Å². The lowest BCUT2D eigenvalue weighted by atomic mass is 10.2. The van der Waals surface area contributed by atoms with Gasteiger partial charge >= 0.3 is 0 Å². The van der Waals surface area contributed by atoms with Crippen LogP contribution in [0, 0.1) is 0 Å². The van der Waals surface area contributed by atoms with Crippen molar-refractivity contribution in [3.8, 4) is 11.5 Å². The van der Waals surface area contributed by atoms with E-state index in [0.29, 0.717) is 16.8 Å². The molecule has 0 aliphatic rings. The van der Waals surface area contributed by atoms with Crippen LogP contribution in [0.3, 0.4) is 0 Å². The number of carbonyl (C=O) groups is 1. The summed E-state index contributed by atoms with van der Waals surface area (Å²) in [5.74, 6) is -0.0645. The zero-order chi connectivity index (χ0) is 17.8. The molecule has 8 heteroatoms. The third-order valence-corrected chi connectivity index (χ3v) is 3.75. The third kappa shape index (κ3) is 3.27. The second-order valence-electron chi connectivity index (χ2n) is 5.33. The molecule has 128 valence electrons. The average Bonchev–Trinajstić information content (AvgIpc) is 3.06. The van der Waals surface area contributed by atoms with E-state index in [2.05, 4.69) is 20.8 Å². The highest BCUT2D eigenvalue weighted by Crippen LogP contribution is 2.27. The number of aromatic nitrogens is 3. The Kier molecular flexibility index (Phi) is 4.60. The number of amides is 1. The van der Waals surface area contributed by atoms with Crippen LogP contribution in [-0.2, 0) is 4.79 Å². The van der Waals surface area contributed by atoms with Crippen molar-refractivity contribution in [2.45, 2.75) is 13.0 Å². The lowest BCUT2D eigenvalue weighted by molar-refractivity contribution is -0.124. The Bertz CT molecular complexity index is 935. The number of nitrogens with one attached hydrogen (secondary N) is 1. The topological polar surface area (TPSA) is 102 Å². The molecule has 0 bridgehead atoms. The standard InChI is InChI=1S/C17H17N5O3/c1-11(22-14-8-4-3-7-13(14)19-21-22)17(24)20-18-10-12-6-5-9-15(25-2)16(12)23/h3-11,23H,1-2H3,(H,20,24). The Morgan fingerprint density at radius 3 is 2.92 bits per heavy atom. The largest absolute Gasteiger partial charge is 0.504 e. The number of rotatable bonds is 5. The molecule has 3 rings (SSSR count). The van der Waals surface area contributed by atoms with Gasteiger partial charge in [0.05, 0.1) is 18.8 Å². The Morgan fingerprint density at radius 2 is 2.12 bits per heavy atom. The van der Waals surface area contributed by atoms with Gasteiger partial charge in [0.25, 0.3) is 5.91 Å². The van der Waals surface area contributed by atoms with Gasteiger partial charge in [-0.05, 0) is 31.2 Å². The Labute approximate surface area is 143 Å². The molecule has 3 aromatic rings. The minimum Gasteiger partial charge on any atom is -0.504 e. The van der Waals surface area contributed by atoms with Gasteiger partial charge in [-0.1, -0.05) is 23.4 Å². The molecule has 1 unspecified atom stereocenters. The Balaban J connectivity index is 1.72. The number of hydrogen-bond donors (Lipinski definition) is 2. The first-order valence-corrected chi connectivity index (χ1v) is 7.60. The fourth-order valence-corrected chi connectivity index (χ4v) is 2.35. The summed E-state index contributed by atoms with van der Waals surface area (Å²) in [6.07, 6.45) is 1.35. The summed E-state index contributed by atoms with van der Waals surface area (Å²) < 4.78 is 6.55. The fraction of sp³-hybridized carbons (Fsp3) is 0.176. The van der Waals surface area contributed by atoms with E-state index in [4.69, 9.17) is 4.74 Å². The van der Waals surface area contributed by atoms with Crippen molar-refractivity contribution in [1.82, 2.24) is 20.4 Å². The van der Waals surface area contributed by atoms with Crippen molar-refractivity contribution in [3.63, 3.8) is 0 Å². The van der Waals surface area contributed by atoms with E-state index in [9.17, 15) is 9.90 Å². The van der Waals surface area contributed by atoms with Gasteiger partial charge in [-0.25, -0.2) is 10.1 Å². The number of para-hydroxylation sites is 2. The lowest BCUT2D eigenvalue weighted by Gasteiger charge is -2.10. The number of nitrogens with zero attached hydrogens (tertiary/aromatic N) is 4. The van der Waals surface area contributed by atoms with Crippen LogP contribution in [0.2, 0.25) is 0 Å². The second-order valence-corrected chi connectivity index (χ2v) is 5.33. The summed E-state index contributed by atoms with van der Waals surface area (Å²) in [6.45, 7) is 1.70. The molecule has 8 nitrogen and oxygen atoms in total. The van der Waals surface area contributed by atoms with Gasteiger partial charge < -0.3 is 9.84 Å². The molecule has 0 radical (unpaired) electrons. The number of phenols is 1. The van der Waals surface area contributed by atoms with E-state index in [1.165, 1.54) is 18.0 Å². The van der Waals surface area contributed by atoms with Crippen LogP contribution in [-0.4, -0.2) is 39.3 Å². The third-order valence-electron chi connectivity index (χ3n) is 3.75. The molecule has 25 heavy (non-hydrogen) atoms. The van der Waals surface area contributed by atoms with Crippen LogP contribution in [0.25, 0.3) is 11.0 Å². The zero-order valence-electron chi connectivity index (χ0n) is 13.7. The maximum atomic E-state index is 12.3. The maximum Gasteiger partial charge on any atom is 0.264 e. The number of phenolic OH excluding ortho intramolecular Hbond substituents is 1. The van der Waals surface area contributed by atoms with Crippen LogP contribution in [0.4, 0.5) is 0 Å². The zero-order valence-corrected chi connectivity index (χ0v) is 13.7. The summed E-state index contributed by atoms with van der Waals surface area (Å²) in [5.41, 5.74) is 4.35. The molecule has 2 aromatic carbocycles. The minimum absolute atomic E-state index is 0.0432. The van der Waals surface area contributed by atoms with Crippen molar-refractivity contribution in [2.75, 3.05) is 7.11 Å². The van der Waals surface area contributed by atoms with E-state index < -0.39 is 6.04 Å². The number of ether oxygens (including phenoxy) is 1. The van der Waals surface area contributed by atoms with E-state index in [-0.39, 0.29) is 11.7 Å². The van der Waals surface area contributed by atoms with Crippen LogP contribution >= 0.6 is 0 Å². The van der Waals surface area contributed by atoms with Crippen LogP contribution in [0.15, 0.2) is 47.6 Å². The van der Waals surface area contributed by atoms with Crippen molar-refractivity contribution in [1.29, 1.82) is 0 Å². The van der Waals surface area contributed by atoms with E-state index in [0.717, 1.165) is 5.52 Å². The highest BCUT2D eigenvalue weighted by atomic mass is 16.5. The van der Waals surface area contributed by atoms with Crippen molar-refractivity contribution in [2.24, 2.45) is 5.10 Å². The summed E-state index contributed by atoms with van der Waals surface area (Å²) in [5, 5.41) is 21.9. The molecule has 1 heterocycles. The Hall–Kier alpha value is -3.42. The van der Waals surface area contributed by atoms with Crippen LogP contribution in [0.1, 0.15) is 18.5 Å². The van der Waals surface area contributed by atoms with Gasteiger partial charge in [0.2, 0.25) is 0 Å². The molecule has 0 fully saturated rings. The normalized spacial score (nSPS) is 12.4. The first-order chi connectivity index (χ1) is 12.1. The number of hydrogen-bond acceptors (Lipinski definition) is 6. The number of methoxy groups -OCH3 is 1. The average molecular weight is 339 g/mol. The molecular formula is C17H17N5O3. The summed E-state index contributed by atoms with van der Waals surface area (Å²) in [7, 11) is 1.46. The summed E-state index contributed by atoms with van der Waals surface area (Å²) in [4.78, 5) is 12.3. The smallest absolute Gasteiger partial charge is 0.264 e. The number of aromatic hydroxyl groups is 1. The van der Waals surface area contributed by atoms with Gasteiger partial charge in [0, 0.05) is 5.56 Å². The molecule has 0 saturated carbocycles. The molecule has 0 spiro atoms. The van der Waals surface area contributed by atoms with Gasteiger partial charge in [0.1, 0.15) is 11.6 Å². The molecule has 0 aliphatic carbocycles. The van der Waals surface area contributed by atoms with Crippen molar-refractivity contribution in [3.05, 3.63) is 48.0 Å². The van der Waals surface area contributed by atoms with Crippen molar-refractivity contribution >= 4 is 23.2 Å². The summed E-state index contributed by atoms with van der Waals surface area (Å²) in [6, 6.07) is 11.8. The first kappa shape index (κ1) is 16.4. The number of hydrazone groups is 1. The maximum absolute atomic E-state index is 12.3. The molecule has 0 aliphatic heterocycles. The van der Waals surface area contributed by atoms with Gasteiger partial charge in [-0.3, -0.25) is 4.79 Å². The number of benzene rings is 2. The highest BCUT2D eigenvalue weighted by Gasteiger charge is 2.18. The molecule has 0 saturated heterocycles. The predicted octanol–water partition coefficient (Wildman–Crippen LogP) is 1.86. The molecule has 1 atom stereocenters. The lowest BCUT2D eigenvalue weighted by Crippen LogP contribution is -2.28. The second kappa shape index (κ2) is 7.00.